The second-order valence-electron chi connectivity index (χ2n) is 3.35. The lowest BCUT2D eigenvalue weighted by atomic mass is 10.3. The number of benzene rings is 1. The Balaban J connectivity index is -0.0000000667. The van der Waals surface area contributed by atoms with E-state index in [0.717, 1.165) is 4.48 Å². The summed E-state index contributed by atoms with van der Waals surface area (Å²) in [5, 5.41) is 0. The highest BCUT2D eigenvalue weighted by Gasteiger charge is 2.08. The topological polar surface area (TPSA) is 36.5 Å². The van der Waals surface area contributed by atoms with Gasteiger partial charge in [0.25, 0.3) is 0 Å². The van der Waals surface area contributed by atoms with Crippen LogP contribution in [0.4, 0.5) is 5.69 Å². The third-order valence-corrected chi connectivity index (χ3v) is 1.53. The molecule has 0 radical (unpaired) electrons. The van der Waals surface area contributed by atoms with Gasteiger partial charge in [-0.1, -0.05) is 18.2 Å². The average molecular weight is 474 g/mol. The molecule has 0 saturated carbocycles. The van der Waals surface area contributed by atoms with Gasteiger partial charge in [-0.2, -0.15) is 0 Å². The van der Waals surface area contributed by atoms with E-state index in [1.807, 2.05) is 6.07 Å². The summed E-state index contributed by atoms with van der Waals surface area (Å²) in [5.74, 6) is 0. The molecule has 0 unspecified atom stereocenters. The molecule has 0 spiro atoms. The van der Waals surface area contributed by atoms with Gasteiger partial charge in [0.2, 0.25) is 0 Å². The normalized spacial score (nSPS) is 7.67. The molecule has 0 aliphatic heterocycles. The Morgan fingerprint density at radius 3 is 1.27 bits per heavy atom. The van der Waals surface area contributed by atoms with Crippen LogP contribution in [-0.2, 0) is 0 Å². The quantitative estimate of drug-likeness (QED) is 0.394. The summed E-state index contributed by atoms with van der Waals surface area (Å²) in [7, 11) is 6.49. The zero-order chi connectivity index (χ0) is 7.61. The number of hydrogen-bond acceptors (Lipinski definition) is 0. The summed E-state index contributed by atoms with van der Waals surface area (Å²) in [6, 6.07) is 10.5. The number of para-hydroxylation sites is 1. The molecule has 0 aromatic heterocycles. The number of rotatable bonds is 1. The van der Waals surface area contributed by atoms with Crippen molar-refractivity contribution in [3.8, 4) is 0 Å². The Bertz CT molecular complexity index is 211. The minimum absolute atomic E-state index is 0. The number of halogens is 4. The Hall–Kier alpha value is 1.06. The lowest BCUT2D eigenvalue weighted by Crippen LogP contribution is -3.00. The van der Waals surface area contributed by atoms with Gasteiger partial charge in [0.1, 0.15) is 5.69 Å². The van der Waals surface area contributed by atoms with Crippen molar-refractivity contribution in [2.24, 2.45) is 0 Å². The third kappa shape index (κ3) is 11.3. The van der Waals surface area contributed by atoms with Crippen molar-refractivity contribution in [2.45, 2.75) is 0 Å². The van der Waals surface area contributed by atoms with Gasteiger partial charge in [-0.05, 0) is 12.1 Å². The maximum Gasteiger partial charge on any atom is 0.132 e. The van der Waals surface area contributed by atoms with Gasteiger partial charge in [0, 0.05) is 0 Å². The molecule has 0 bridgehead atoms. The van der Waals surface area contributed by atoms with Crippen molar-refractivity contribution in [2.75, 3.05) is 21.1 Å². The summed E-state index contributed by atoms with van der Waals surface area (Å²) in [6.45, 7) is 0. The van der Waals surface area contributed by atoms with Crippen LogP contribution in [0.3, 0.4) is 0 Å². The fourth-order valence-electron chi connectivity index (χ4n) is 0.875. The highest BCUT2D eigenvalue weighted by molar-refractivity contribution is 5.40. The van der Waals surface area contributed by atoms with E-state index in [9.17, 15) is 0 Å². The maximum atomic E-state index is 2.16. The summed E-state index contributed by atoms with van der Waals surface area (Å²) in [5.41, 5.74) is 1.34. The molecule has 6 heteroatoms. The van der Waals surface area contributed by atoms with Crippen LogP contribution in [0.25, 0.3) is 0 Å². The van der Waals surface area contributed by atoms with E-state index in [1.165, 1.54) is 5.69 Å². The number of hydrogen-bond donors (Lipinski definition) is 1. The van der Waals surface area contributed by atoms with Crippen LogP contribution in [0.5, 0.6) is 0 Å². The molecule has 0 aliphatic rings. The zero-order valence-electron chi connectivity index (χ0n) is 9.35. The predicted octanol–water partition coefficient (Wildman–Crippen LogP) is -9.72. The Labute approximate surface area is 135 Å². The second-order valence-corrected chi connectivity index (χ2v) is 3.35. The Morgan fingerprint density at radius 2 is 1.07 bits per heavy atom. The van der Waals surface area contributed by atoms with Crippen molar-refractivity contribution < 1.29 is 67.9 Å². The maximum absolute atomic E-state index is 2.16. The van der Waals surface area contributed by atoms with E-state index < -0.39 is 0 Å². The van der Waals surface area contributed by atoms with Crippen LogP contribution in [0.1, 0.15) is 0 Å². The molecule has 0 saturated heterocycles. The molecular weight excluding hydrogens is 456 g/mol. The fourth-order valence-corrected chi connectivity index (χ4v) is 0.875. The second kappa shape index (κ2) is 13.1. The SMILES string of the molecule is C[N+](C)(C)c1ccccc1.[Br-].[Br-].[Br-].[Br-].[NH4+]. The molecule has 2 nitrogen and oxygen atoms in total. The van der Waals surface area contributed by atoms with Gasteiger partial charge in [-0.25, -0.2) is 0 Å². The van der Waals surface area contributed by atoms with Crippen LogP contribution < -0.4 is 78.6 Å². The van der Waals surface area contributed by atoms with Gasteiger partial charge < -0.3 is 74.1 Å². The van der Waals surface area contributed by atoms with E-state index in [4.69, 9.17) is 0 Å². The molecule has 1 aromatic rings. The molecule has 0 aliphatic carbocycles. The molecule has 4 N–H and O–H groups in total. The minimum atomic E-state index is 0. The highest BCUT2D eigenvalue weighted by Crippen LogP contribution is 2.14. The van der Waals surface area contributed by atoms with E-state index in [1.54, 1.807) is 0 Å². The first-order valence-electron chi connectivity index (χ1n) is 3.48. The minimum Gasteiger partial charge on any atom is -1.00 e. The number of quaternary nitrogens is 2. The largest absolute Gasteiger partial charge is 1.00 e. The lowest BCUT2D eigenvalue weighted by molar-refractivity contribution is -0.00100. The van der Waals surface area contributed by atoms with Crippen LogP contribution in [0.2, 0.25) is 0 Å². The molecule has 0 heterocycles. The van der Waals surface area contributed by atoms with Crippen molar-refractivity contribution >= 4 is 5.69 Å². The molecular formula is C9H18Br4N2-2. The molecule has 1 rings (SSSR count). The fraction of sp³-hybridized carbons (Fsp3) is 0.333. The first-order valence-corrected chi connectivity index (χ1v) is 3.48. The van der Waals surface area contributed by atoms with Crippen LogP contribution >= 0.6 is 0 Å². The van der Waals surface area contributed by atoms with Gasteiger partial charge in [0.15, 0.2) is 0 Å². The van der Waals surface area contributed by atoms with Crippen LogP contribution in [-0.4, -0.2) is 21.1 Å². The van der Waals surface area contributed by atoms with Crippen molar-refractivity contribution in [3.63, 3.8) is 0 Å². The standard InChI is InChI=1S/C9H14N.4BrH.H3N/c1-10(2,3)9-7-5-4-6-8-9;;;;;/h4-8H,1-3H3;4*1H;1H3/q+1;;;;;/p-3. The molecule has 15 heavy (non-hydrogen) atoms. The molecule has 0 fully saturated rings. The highest BCUT2D eigenvalue weighted by atomic mass is 79.9. The Kier molecular flexibility index (Phi) is 26.1. The van der Waals surface area contributed by atoms with Crippen molar-refractivity contribution in [1.82, 2.24) is 10.6 Å². The van der Waals surface area contributed by atoms with Crippen LogP contribution in [0.15, 0.2) is 30.3 Å². The average Bonchev–Trinajstić information content (AvgIpc) is 1.88. The third-order valence-electron chi connectivity index (χ3n) is 1.53. The molecule has 0 atom stereocenters. The lowest BCUT2D eigenvalue weighted by Gasteiger charge is -2.22. The molecule has 94 valence electrons. The van der Waals surface area contributed by atoms with E-state index in [-0.39, 0.29) is 74.1 Å². The summed E-state index contributed by atoms with van der Waals surface area (Å²) >= 11 is 0. The van der Waals surface area contributed by atoms with Gasteiger partial charge in [-0.15, -0.1) is 0 Å². The monoisotopic (exact) mass is 470 g/mol. The smallest absolute Gasteiger partial charge is 0.132 e. The summed E-state index contributed by atoms with van der Waals surface area (Å²) < 4.78 is 0.890. The van der Waals surface area contributed by atoms with E-state index >= 15 is 0 Å². The van der Waals surface area contributed by atoms with E-state index in [2.05, 4.69) is 45.4 Å². The summed E-state index contributed by atoms with van der Waals surface area (Å²) in [4.78, 5) is 0. The first-order chi connectivity index (χ1) is 4.61. The number of nitrogens with zero attached hydrogens (tertiary/aromatic N) is 1. The summed E-state index contributed by atoms with van der Waals surface area (Å²) in [6.07, 6.45) is 0. The Morgan fingerprint density at radius 1 is 0.733 bits per heavy atom. The molecule has 0 amide bonds. The van der Waals surface area contributed by atoms with Crippen molar-refractivity contribution in [1.29, 1.82) is 0 Å². The van der Waals surface area contributed by atoms with E-state index in [0.29, 0.717) is 0 Å². The first kappa shape index (κ1) is 29.8. The molecule has 1 aromatic carbocycles. The van der Waals surface area contributed by atoms with Gasteiger partial charge >= 0.3 is 0 Å². The van der Waals surface area contributed by atoms with Crippen molar-refractivity contribution in [3.05, 3.63) is 30.3 Å². The van der Waals surface area contributed by atoms with Crippen LogP contribution in [0, 0.1) is 0 Å². The van der Waals surface area contributed by atoms with Gasteiger partial charge in [-0.3, -0.25) is 4.48 Å². The van der Waals surface area contributed by atoms with Gasteiger partial charge in [0.05, 0.1) is 21.1 Å². The zero-order valence-corrected chi connectivity index (χ0v) is 15.7. The predicted molar refractivity (Wildman–Crippen MR) is 52.0 cm³/mol.